The number of aromatic hydroxyl groups is 1. The third-order valence-corrected chi connectivity index (χ3v) is 4.12. The number of rotatable bonds is 6. The van der Waals surface area contributed by atoms with Crippen molar-refractivity contribution in [2.45, 2.75) is 6.92 Å². The third-order valence-electron chi connectivity index (χ3n) is 4.12. The number of benzene rings is 1. The summed E-state index contributed by atoms with van der Waals surface area (Å²) in [4.78, 5) is 43.0. The molecule has 3 aromatic rings. The quantitative estimate of drug-likeness (QED) is 0.338. The van der Waals surface area contributed by atoms with E-state index in [1.54, 1.807) is 0 Å². The molecule has 0 spiro atoms. The summed E-state index contributed by atoms with van der Waals surface area (Å²) in [5.41, 5.74) is -1.22. The van der Waals surface area contributed by atoms with Crippen LogP contribution in [-0.4, -0.2) is 65.9 Å². The van der Waals surface area contributed by atoms with Crippen molar-refractivity contribution in [2.75, 3.05) is 7.11 Å². The first-order chi connectivity index (χ1) is 14.1. The topological polar surface area (TPSA) is 184 Å². The number of carboxylic acids is 3. The highest BCUT2D eigenvalue weighted by Crippen LogP contribution is 2.30. The molecule has 0 aliphatic heterocycles. The van der Waals surface area contributed by atoms with E-state index in [9.17, 15) is 34.8 Å². The van der Waals surface area contributed by atoms with Gasteiger partial charge in [0, 0.05) is 6.20 Å². The Balaban J connectivity index is 2.33. The summed E-state index contributed by atoms with van der Waals surface area (Å²) >= 11 is 0. The Morgan fingerprint density at radius 1 is 1.07 bits per heavy atom. The largest absolute Gasteiger partial charge is 0.505 e. The van der Waals surface area contributed by atoms with Crippen molar-refractivity contribution >= 4 is 34.7 Å². The van der Waals surface area contributed by atoms with Crippen LogP contribution in [0.3, 0.4) is 0 Å². The fourth-order valence-electron chi connectivity index (χ4n) is 2.79. The molecule has 2 aromatic heterocycles. The van der Waals surface area contributed by atoms with E-state index in [1.165, 1.54) is 25.3 Å². The highest BCUT2D eigenvalue weighted by Gasteiger charge is 2.25. The van der Waals surface area contributed by atoms with Crippen molar-refractivity contribution in [3.05, 3.63) is 46.8 Å². The van der Waals surface area contributed by atoms with Gasteiger partial charge < -0.3 is 25.3 Å². The number of hydrogen-bond acceptors (Lipinski definition) is 8. The molecule has 12 heteroatoms. The van der Waals surface area contributed by atoms with Gasteiger partial charge >= 0.3 is 17.9 Å². The molecular formula is C18H14N4O8. The molecule has 0 aliphatic carbocycles. The van der Waals surface area contributed by atoms with Crippen LogP contribution in [0.25, 0.3) is 16.7 Å². The molecule has 0 saturated carbocycles. The van der Waals surface area contributed by atoms with E-state index in [-0.39, 0.29) is 39.1 Å². The van der Waals surface area contributed by atoms with Gasteiger partial charge in [-0.15, -0.1) is 5.10 Å². The summed E-state index contributed by atoms with van der Waals surface area (Å²) in [5.74, 6) is -4.62. The Morgan fingerprint density at radius 3 is 2.17 bits per heavy atom. The van der Waals surface area contributed by atoms with Crippen LogP contribution in [0.5, 0.6) is 5.75 Å². The Hall–Kier alpha value is -4.48. The van der Waals surface area contributed by atoms with E-state index in [1.807, 2.05) is 0 Å². The molecule has 2 heterocycles. The molecule has 30 heavy (non-hydrogen) atoms. The molecule has 0 radical (unpaired) electrons. The van der Waals surface area contributed by atoms with Crippen molar-refractivity contribution in [1.29, 1.82) is 0 Å². The van der Waals surface area contributed by atoms with Crippen molar-refractivity contribution in [1.82, 2.24) is 14.8 Å². The van der Waals surface area contributed by atoms with Gasteiger partial charge in [-0.2, -0.15) is 0 Å². The van der Waals surface area contributed by atoms with Gasteiger partial charge in [0.15, 0.2) is 11.4 Å². The smallest absolute Gasteiger partial charge is 0.358 e. The second kappa shape index (κ2) is 7.50. The predicted molar refractivity (Wildman–Crippen MR) is 100 cm³/mol. The molecule has 1 aromatic carbocycles. The summed E-state index contributed by atoms with van der Waals surface area (Å²) in [5, 5.41) is 46.0. The van der Waals surface area contributed by atoms with Crippen LogP contribution in [0.4, 0.5) is 0 Å². The zero-order valence-corrected chi connectivity index (χ0v) is 15.5. The SMILES string of the molecule is CON=C(C(=O)O)c1c(O)c(C)nc2nn(-c3cc(C(=O)O)cc(C(=O)O)c3)cc12. The van der Waals surface area contributed by atoms with Crippen LogP contribution in [0, 0.1) is 6.92 Å². The van der Waals surface area contributed by atoms with E-state index in [0.717, 1.165) is 17.9 Å². The minimum absolute atomic E-state index is 0.0166. The first-order valence-electron chi connectivity index (χ1n) is 8.19. The standard InChI is InChI=1S/C18H14N4O8/c1-7-14(23)12(13(18(28)29)21-30-2)11-6-22(20-15(11)19-7)10-4-8(16(24)25)3-9(5-10)17(26)27/h3-6,23H,1-2H3,(H,24,25)(H,26,27)(H,28,29). The first-order valence-corrected chi connectivity index (χ1v) is 8.19. The number of fused-ring (bicyclic) bond motifs is 1. The van der Waals surface area contributed by atoms with Gasteiger partial charge in [0.2, 0.25) is 0 Å². The van der Waals surface area contributed by atoms with Crippen LogP contribution >= 0.6 is 0 Å². The number of hydrogen-bond donors (Lipinski definition) is 4. The van der Waals surface area contributed by atoms with Crippen LogP contribution in [0.2, 0.25) is 0 Å². The van der Waals surface area contributed by atoms with E-state index in [4.69, 9.17) is 0 Å². The van der Waals surface area contributed by atoms with Gasteiger partial charge in [-0.25, -0.2) is 24.0 Å². The van der Waals surface area contributed by atoms with Gasteiger partial charge in [0.25, 0.3) is 0 Å². The molecule has 3 rings (SSSR count). The maximum Gasteiger partial charge on any atom is 0.358 e. The van der Waals surface area contributed by atoms with Crippen LogP contribution in [0.1, 0.15) is 32.0 Å². The lowest BCUT2D eigenvalue weighted by molar-refractivity contribution is -0.129. The number of carbonyl (C=O) groups is 3. The number of pyridine rings is 1. The highest BCUT2D eigenvalue weighted by molar-refractivity contribution is 6.45. The Morgan fingerprint density at radius 2 is 1.67 bits per heavy atom. The lowest BCUT2D eigenvalue weighted by Crippen LogP contribution is -2.16. The van der Waals surface area contributed by atoms with Crippen LogP contribution in [0.15, 0.2) is 29.6 Å². The second-order valence-corrected chi connectivity index (χ2v) is 6.04. The summed E-state index contributed by atoms with van der Waals surface area (Å²) in [6, 6.07) is 3.37. The fourth-order valence-corrected chi connectivity index (χ4v) is 2.79. The molecule has 0 fully saturated rings. The number of carboxylic acid groups (broad SMARTS) is 3. The van der Waals surface area contributed by atoms with Gasteiger partial charge in [-0.05, 0) is 25.1 Å². The van der Waals surface area contributed by atoms with E-state index in [2.05, 4.69) is 20.1 Å². The van der Waals surface area contributed by atoms with E-state index in [0.29, 0.717) is 0 Å². The van der Waals surface area contributed by atoms with Crippen molar-refractivity contribution in [3.8, 4) is 11.4 Å². The van der Waals surface area contributed by atoms with Gasteiger partial charge in [-0.1, -0.05) is 5.16 Å². The fraction of sp³-hybridized carbons (Fsp3) is 0.111. The number of nitrogens with zero attached hydrogens (tertiary/aromatic N) is 4. The molecule has 0 bridgehead atoms. The molecule has 4 N–H and O–H groups in total. The number of aromatic carboxylic acids is 2. The zero-order chi connectivity index (χ0) is 22.2. The normalized spacial score (nSPS) is 11.5. The molecule has 154 valence electrons. The van der Waals surface area contributed by atoms with Crippen LogP contribution in [-0.2, 0) is 9.63 Å². The average Bonchev–Trinajstić information content (AvgIpc) is 3.10. The molecular weight excluding hydrogens is 400 g/mol. The molecule has 0 unspecified atom stereocenters. The summed E-state index contributed by atoms with van der Waals surface area (Å²) < 4.78 is 1.13. The maximum absolute atomic E-state index is 11.6. The van der Waals surface area contributed by atoms with E-state index >= 15 is 0 Å². The summed E-state index contributed by atoms with van der Waals surface area (Å²) in [6.07, 6.45) is 1.28. The predicted octanol–water partition coefficient (Wildman–Crippen LogP) is 1.27. The number of aromatic nitrogens is 3. The van der Waals surface area contributed by atoms with Gasteiger partial charge in [0.1, 0.15) is 12.9 Å². The highest BCUT2D eigenvalue weighted by atomic mass is 16.6. The summed E-state index contributed by atoms with van der Waals surface area (Å²) in [7, 11) is 1.14. The average molecular weight is 414 g/mol. The van der Waals surface area contributed by atoms with E-state index < -0.39 is 29.4 Å². The van der Waals surface area contributed by atoms with Gasteiger partial charge in [0.05, 0.1) is 33.5 Å². The maximum atomic E-state index is 11.6. The lowest BCUT2D eigenvalue weighted by Gasteiger charge is -2.07. The Kier molecular flexibility index (Phi) is 5.07. The van der Waals surface area contributed by atoms with Crippen molar-refractivity contribution < 1.29 is 39.6 Å². The van der Waals surface area contributed by atoms with Crippen molar-refractivity contribution in [2.24, 2.45) is 5.16 Å². The van der Waals surface area contributed by atoms with Gasteiger partial charge in [-0.3, -0.25) is 0 Å². The number of oxime groups is 1. The Labute approximate surface area is 167 Å². The lowest BCUT2D eigenvalue weighted by atomic mass is 10.1. The monoisotopic (exact) mass is 414 g/mol. The van der Waals surface area contributed by atoms with Crippen molar-refractivity contribution in [3.63, 3.8) is 0 Å². The first kappa shape index (κ1) is 20.3. The third kappa shape index (κ3) is 3.48. The second-order valence-electron chi connectivity index (χ2n) is 6.04. The molecule has 12 nitrogen and oxygen atoms in total. The number of aliphatic carboxylic acids is 1. The zero-order valence-electron chi connectivity index (χ0n) is 15.5. The molecule has 0 amide bonds. The number of aryl methyl sites for hydroxylation is 1. The van der Waals surface area contributed by atoms with Crippen LogP contribution < -0.4 is 0 Å². The minimum atomic E-state index is -1.48. The Bertz CT molecular complexity index is 1210. The summed E-state index contributed by atoms with van der Waals surface area (Å²) in [6.45, 7) is 1.43. The molecule has 0 aliphatic rings. The molecule has 0 saturated heterocycles. The molecule has 0 atom stereocenters. The minimum Gasteiger partial charge on any atom is -0.505 e.